The largest absolute Gasteiger partial charge is 0.481 e. The van der Waals surface area contributed by atoms with Gasteiger partial charge in [-0.25, -0.2) is 0 Å². The van der Waals surface area contributed by atoms with Gasteiger partial charge in [-0.3, -0.25) is 9.59 Å². The fourth-order valence-electron chi connectivity index (χ4n) is 3.59. The molecule has 5 nitrogen and oxygen atoms in total. The number of ether oxygens (including phenoxy) is 1. The second-order valence-electron chi connectivity index (χ2n) is 6.08. The van der Waals surface area contributed by atoms with Gasteiger partial charge in [0.25, 0.3) is 0 Å². The number of carbonyl (C=O) groups is 2. The topological polar surface area (TPSA) is 66.8 Å². The van der Waals surface area contributed by atoms with Gasteiger partial charge in [-0.15, -0.1) is 0 Å². The molecule has 3 unspecified atom stereocenters. The molecule has 1 saturated carbocycles. The van der Waals surface area contributed by atoms with Gasteiger partial charge in [-0.2, -0.15) is 0 Å². The van der Waals surface area contributed by atoms with Crippen LogP contribution in [0.4, 0.5) is 0 Å². The van der Waals surface area contributed by atoms with Crippen molar-refractivity contribution < 1.29 is 19.4 Å². The molecule has 0 radical (unpaired) electrons. The van der Waals surface area contributed by atoms with Crippen molar-refractivity contribution in [1.82, 2.24) is 4.90 Å². The van der Waals surface area contributed by atoms with E-state index in [9.17, 15) is 14.7 Å². The number of carboxylic acids is 1. The first kappa shape index (κ1) is 15.3. The van der Waals surface area contributed by atoms with Crippen LogP contribution in [0, 0.1) is 17.8 Å². The predicted octanol–water partition coefficient (Wildman–Crippen LogP) is 1.76. The molecule has 0 aromatic carbocycles. The number of methoxy groups -OCH3 is 1. The van der Waals surface area contributed by atoms with Crippen LogP contribution < -0.4 is 0 Å². The van der Waals surface area contributed by atoms with E-state index in [-0.39, 0.29) is 11.8 Å². The molecule has 1 amide bonds. The Bertz CT molecular complexity index is 356. The number of hydrogen-bond acceptors (Lipinski definition) is 3. The second-order valence-corrected chi connectivity index (χ2v) is 6.08. The quantitative estimate of drug-likeness (QED) is 0.853. The maximum Gasteiger partial charge on any atom is 0.307 e. The highest BCUT2D eigenvalue weighted by atomic mass is 16.5. The van der Waals surface area contributed by atoms with Crippen molar-refractivity contribution in [3.63, 3.8) is 0 Å². The highest BCUT2D eigenvalue weighted by Gasteiger charge is 2.38. The van der Waals surface area contributed by atoms with Crippen LogP contribution in [0.2, 0.25) is 0 Å². The molecule has 0 aromatic heterocycles. The Morgan fingerprint density at radius 1 is 1.15 bits per heavy atom. The van der Waals surface area contributed by atoms with Crippen molar-refractivity contribution in [3.8, 4) is 0 Å². The Morgan fingerprint density at radius 3 is 2.50 bits per heavy atom. The lowest BCUT2D eigenvalue weighted by atomic mass is 9.78. The molecule has 3 atom stereocenters. The van der Waals surface area contributed by atoms with E-state index >= 15 is 0 Å². The van der Waals surface area contributed by atoms with E-state index in [4.69, 9.17) is 4.74 Å². The minimum Gasteiger partial charge on any atom is -0.481 e. The molecule has 1 saturated heterocycles. The molecule has 1 aliphatic carbocycles. The van der Waals surface area contributed by atoms with E-state index in [2.05, 4.69) is 0 Å². The fourth-order valence-corrected chi connectivity index (χ4v) is 3.59. The first-order valence-corrected chi connectivity index (χ1v) is 7.64. The lowest BCUT2D eigenvalue weighted by Gasteiger charge is -2.37. The van der Waals surface area contributed by atoms with Crippen molar-refractivity contribution in [3.05, 3.63) is 0 Å². The number of rotatable bonds is 4. The normalized spacial score (nSPS) is 31.1. The van der Waals surface area contributed by atoms with E-state index in [0.717, 1.165) is 45.2 Å². The molecular formula is C15H25NO4. The zero-order valence-corrected chi connectivity index (χ0v) is 12.2. The van der Waals surface area contributed by atoms with E-state index in [1.54, 1.807) is 7.11 Å². The van der Waals surface area contributed by atoms with Gasteiger partial charge < -0.3 is 14.7 Å². The van der Waals surface area contributed by atoms with Gasteiger partial charge >= 0.3 is 5.97 Å². The Hall–Kier alpha value is -1.10. The summed E-state index contributed by atoms with van der Waals surface area (Å²) in [4.78, 5) is 25.8. The smallest absolute Gasteiger partial charge is 0.307 e. The molecule has 0 bridgehead atoms. The number of piperidine rings is 1. The SMILES string of the molecule is COCC1CCCN(C(=O)C2CCCCC2C(=O)O)C1. The fraction of sp³-hybridized carbons (Fsp3) is 0.867. The average Bonchev–Trinajstić information content (AvgIpc) is 2.47. The first-order valence-electron chi connectivity index (χ1n) is 7.64. The van der Waals surface area contributed by atoms with E-state index in [1.165, 1.54) is 0 Å². The van der Waals surface area contributed by atoms with Crippen LogP contribution >= 0.6 is 0 Å². The van der Waals surface area contributed by atoms with Gasteiger partial charge in [0.05, 0.1) is 18.4 Å². The van der Waals surface area contributed by atoms with Crippen LogP contribution in [-0.2, 0) is 14.3 Å². The minimum absolute atomic E-state index is 0.0536. The van der Waals surface area contributed by atoms with E-state index < -0.39 is 11.9 Å². The summed E-state index contributed by atoms with van der Waals surface area (Å²) in [5, 5.41) is 9.30. The lowest BCUT2D eigenvalue weighted by Crippen LogP contribution is -2.47. The van der Waals surface area contributed by atoms with E-state index in [1.807, 2.05) is 4.90 Å². The van der Waals surface area contributed by atoms with Crippen LogP contribution in [0.25, 0.3) is 0 Å². The van der Waals surface area contributed by atoms with Crippen molar-refractivity contribution in [2.24, 2.45) is 17.8 Å². The molecule has 1 N–H and O–H groups in total. The highest BCUT2D eigenvalue weighted by Crippen LogP contribution is 2.32. The monoisotopic (exact) mass is 283 g/mol. The zero-order chi connectivity index (χ0) is 14.5. The van der Waals surface area contributed by atoms with Crippen LogP contribution in [0.15, 0.2) is 0 Å². The third kappa shape index (κ3) is 3.51. The average molecular weight is 283 g/mol. The molecule has 20 heavy (non-hydrogen) atoms. The molecule has 2 fully saturated rings. The number of aliphatic carboxylic acids is 1. The van der Waals surface area contributed by atoms with Crippen LogP contribution in [0.1, 0.15) is 38.5 Å². The summed E-state index contributed by atoms with van der Waals surface area (Å²) in [6.07, 6.45) is 5.33. The maximum absolute atomic E-state index is 12.6. The van der Waals surface area contributed by atoms with Crippen molar-refractivity contribution in [1.29, 1.82) is 0 Å². The highest BCUT2D eigenvalue weighted by molar-refractivity contribution is 5.85. The van der Waals surface area contributed by atoms with Crippen LogP contribution in [0.5, 0.6) is 0 Å². The van der Waals surface area contributed by atoms with Crippen molar-refractivity contribution >= 4 is 11.9 Å². The maximum atomic E-state index is 12.6. The van der Waals surface area contributed by atoms with Gasteiger partial charge in [0.15, 0.2) is 0 Å². The number of amides is 1. The molecule has 0 aromatic rings. The summed E-state index contributed by atoms with van der Waals surface area (Å²) in [5.74, 6) is -1.17. The number of likely N-dealkylation sites (tertiary alicyclic amines) is 1. The van der Waals surface area contributed by atoms with Gasteiger partial charge in [0.1, 0.15) is 0 Å². The molecule has 2 aliphatic rings. The third-order valence-corrected chi connectivity index (χ3v) is 4.63. The molecule has 5 heteroatoms. The van der Waals surface area contributed by atoms with Crippen molar-refractivity contribution in [2.75, 3.05) is 26.8 Å². The molecule has 0 spiro atoms. The van der Waals surface area contributed by atoms with Crippen LogP contribution in [-0.4, -0.2) is 48.7 Å². The Balaban J connectivity index is 1.99. The van der Waals surface area contributed by atoms with Gasteiger partial charge in [-0.05, 0) is 31.6 Å². The van der Waals surface area contributed by atoms with E-state index in [0.29, 0.717) is 18.9 Å². The Labute approximate surface area is 120 Å². The standard InChI is InChI=1S/C15H25NO4/c1-20-10-11-5-4-8-16(9-11)14(17)12-6-2-3-7-13(12)15(18)19/h11-13H,2-10H2,1H3,(H,18,19). The second kappa shape index (κ2) is 7.07. The third-order valence-electron chi connectivity index (χ3n) is 4.63. The summed E-state index contributed by atoms with van der Waals surface area (Å²) in [5.41, 5.74) is 0. The zero-order valence-electron chi connectivity index (χ0n) is 12.2. The van der Waals surface area contributed by atoms with Gasteiger partial charge in [0, 0.05) is 20.2 Å². The summed E-state index contributed by atoms with van der Waals surface area (Å²) >= 11 is 0. The van der Waals surface area contributed by atoms with Crippen LogP contribution in [0.3, 0.4) is 0 Å². The Kier molecular flexibility index (Phi) is 5.40. The molecule has 114 valence electrons. The van der Waals surface area contributed by atoms with Crippen molar-refractivity contribution in [2.45, 2.75) is 38.5 Å². The van der Waals surface area contributed by atoms with Gasteiger partial charge in [-0.1, -0.05) is 12.8 Å². The molecule has 2 rings (SSSR count). The number of carbonyl (C=O) groups excluding carboxylic acids is 1. The molecular weight excluding hydrogens is 258 g/mol. The molecule has 1 aliphatic heterocycles. The summed E-state index contributed by atoms with van der Waals surface area (Å²) in [7, 11) is 1.68. The number of nitrogens with zero attached hydrogens (tertiary/aromatic N) is 1. The molecule has 1 heterocycles. The lowest BCUT2D eigenvalue weighted by molar-refractivity contribution is -0.153. The summed E-state index contributed by atoms with van der Waals surface area (Å²) < 4.78 is 5.18. The summed E-state index contributed by atoms with van der Waals surface area (Å²) in [6.45, 7) is 2.16. The summed E-state index contributed by atoms with van der Waals surface area (Å²) in [6, 6.07) is 0. The van der Waals surface area contributed by atoms with Gasteiger partial charge in [0.2, 0.25) is 5.91 Å². The Morgan fingerprint density at radius 2 is 1.85 bits per heavy atom. The first-order chi connectivity index (χ1) is 9.63. The number of carboxylic acid groups (broad SMARTS) is 1. The predicted molar refractivity (Wildman–Crippen MR) is 74.3 cm³/mol. The number of hydrogen-bond donors (Lipinski definition) is 1. The minimum atomic E-state index is -0.812.